The van der Waals surface area contributed by atoms with Crippen molar-refractivity contribution in [2.24, 2.45) is 5.73 Å². The van der Waals surface area contributed by atoms with E-state index in [1.807, 2.05) is 24.8 Å². The number of nitrogen functional groups attached to an aromatic ring is 1. The molecule has 4 N–H and O–H groups in total. The first-order chi connectivity index (χ1) is 7.57. The Balaban J connectivity index is 3.12. The van der Waals surface area contributed by atoms with Gasteiger partial charge in [0.25, 0.3) is 0 Å². The van der Waals surface area contributed by atoms with E-state index in [1.165, 1.54) is 0 Å². The molecular formula is C11H18N4O. The Bertz CT molecular complexity index is 365. The highest BCUT2D eigenvalue weighted by Gasteiger charge is 2.15. The molecule has 0 fully saturated rings. The van der Waals surface area contributed by atoms with Crippen LogP contribution in [0.4, 0.5) is 5.69 Å². The van der Waals surface area contributed by atoms with E-state index in [2.05, 4.69) is 4.98 Å². The van der Waals surface area contributed by atoms with Gasteiger partial charge >= 0.3 is 0 Å². The first-order valence-corrected chi connectivity index (χ1v) is 5.24. The van der Waals surface area contributed by atoms with E-state index in [4.69, 9.17) is 16.2 Å². The van der Waals surface area contributed by atoms with Crippen LogP contribution in [-0.2, 0) is 0 Å². The summed E-state index contributed by atoms with van der Waals surface area (Å²) in [4.78, 5) is 6.07. The van der Waals surface area contributed by atoms with E-state index in [0.717, 1.165) is 5.69 Å². The van der Waals surface area contributed by atoms with Crippen molar-refractivity contribution in [3.8, 4) is 0 Å². The van der Waals surface area contributed by atoms with Gasteiger partial charge in [0.1, 0.15) is 11.5 Å². The molecular weight excluding hydrogens is 204 g/mol. The summed E-state index contributed by atoms with van der Waals surface area (Å²) in [5, 5.41) is 16.5. The SMILES string of the molecule is CC(C)N(CCO)c1cccnc1C(=N)N. The number of hydrogen-bond acceptors (Lipinski definition) is 4. The molecule has 0 saturated heterocycles. The molecule has 0 unspecified atom stereocenters. The minimum atomic E-state index is -0.0563. The normalized spacial score (nSPS) is 10.5. The molecule has 0 aromatic carbocycles. The first kappa shape index (κ1) is 12.4. The van der Waals surface area contributed by atoms with E-state index in [9.17, 15) is 0 Å². The number of hydrogen-bond donors (Lipinski definition) is 3. The van der Waals surface area contributed by atoms with Crippen LogP contribution >= 0.6 is 0 Å². The van der Waals surface area contributed by atoms with Gasteiger partial charge in [0, 0.05) is 18.8 Å². The molecule has 5 heteroatoms. The number of rotatable bonds is 5. The van der Waals surface area contributed by atoms with Crippen LogP contribution in [0.5, 0.6) is 0 Å². The van der Waals surface area contributed by atoms with Crippen LogP contribution in [0, 0.1) is 5.41 Å². The minimum Gasteiger partial charge on any atom is -0.395 e. The quantitative estimate of drug-likeness (QED) is 0.502. The van der Waals surface area contributed by atoms with Crippen LogP contribution in [0.15, 0.2) is 18.3 Å². The molecule has 0 spiro atoms. The third-order valence-corrected chi connectivity index (χ3v) is 2.32. The number of nitrogens with one attached hydrogen (secondary N) is 1. The predicted octanol–water partition coefficient (Wildman–Crippen LogP) is 0.573. The van der Waals surface area contributed by atoms with Crippen molar-refractivity contribution in [2.75, 3.05) is 18.1 Å². The second-order valence-electron chi connectivity index (χ2n) is 3.80. The van der Waals surface area contributed by atoms with E-state index in [-0.39, 0.29) is 18.5 Å². The molecule has 0 atom stereocenters. The lowest BCUT2D eigenvalue weighted by Gasteiger charge is -2.29. The van der Waals surface area contributed by atoms with Gasteiger partial charge in [0.15, 0.2) is 0 Å². The number of aromatic nitrogens is 1. The molecule has 1 aromatic heterocycles. The fraction of sp³-hybridized carbons (Fsp3) is 0.455. The van der Waals surface area contributed by atoms with Crippen LogP contribution in [0.3, 0.4) is 0 Å². The van der Waals surface area contributed by atoms with Gasteiger partial charge < -0.3 is 15.7 Å². The minimum absolute atomic E-state index is 0.0563. The zero-order valence-electron chi connectivity index (χ0n) is 9.64. The van der Waals surface area contributed by atoms with Gasteiger partial charge in [-0.25, -0.2) is 0 Å². The number of amidine groups is 1. The summed E-state index contributed by atoms with van der Waals surface area (Å²) in [6, 6.07) is 3.88. The zero-order chi connectivity index (χ0) is 12.1. The maximum absolute atomic E-state index is 9.03. The third-order valence-electron chi connectivity index (χ3n) is 2.32. The number of pyridine rings is 1. The summed E-state index contributed by atoms with van der Waals surface area (Å²) in [5.74, 6) is -0.0563. The van der Waals surface area contributed by atoms with Crippen LogP contribution in [0.1, 0.15) is 19.5 Å². The number of anilines is 1. The van der Waals surface area contributed by atoms with Gasteiger partial charge in [-0.05, 0) is 26.0 Å². The monoisotopic (exact) mass is 222 g/mol. The second-order valence-corrected chi connectivity index (χ2v) is 3.80. The van der Waals surface area contributed by atoms with Gasteiger partial charge in [-0.3, -0.25) is 10.4 Å². The summed E-state index contributed by atoms with van der Waals surface area (Å²) in [6.45, 7) is 4.60. The number of aliphatic hydroxyl groups excluding tert-OH is 1. The van der Waals surface area contributed by atoms with Crippen molar-refractivity contribution in [1.82, 2.24) is 4.98 Å². The van der Waals surface area contributed by atoms with Crippen molar-refractivity contribution >= 4 is 11.5 Å². The summed E-state index contributed by atoms with van der Waals surface area (Å²) in [6.07, 6.45) is 1.61. The summed E-state index contributed by atoms with van der Waals surface area (Å²) in [7, 11) is 0. The highest BCUT2D eigenvalue weighted by molar-refractivity contribution is 5.98. The molecule has 0 aliphatic carbocycles. The molecule has 0 aliphatic rings. The van der Waals surface area contributed by atoms with Crippen molar-refractivity contribution in [3.63, 3.8) is 0 Å². The molecule has 0 amide bonds. The van der Waals surface area contributed by atoms with Gasteiger partial charge in [-0.15, -0.1) is 0 Å². The lowest BCUT2D eigenvalue weighted by atomic mass is 10.2. The molecule has 1 aromatic rings. The fourth-order valence-electron chi connectivity index (χ4n) is 1.60. The Morgan fingerprint density at radius 1 is 1.62 bits per heavy atom. The summed E-state index contributed by atoms with van der Waals surface area (Å²) in [5.41, 5.74) is 6.73. The summed E-state index contributed by atoms with van der Waals surface area (Å²) >= 11 is 0. The molecule has 5 nitrogen and oxygen atoms in total. The molecule has 0 radical (unpaired) electrons. The smallest absolute Gasteiger partial charge is 0.143 e. The highest BCUT2D eigenvalue weighted by atomic mass is 16.3. The number of aliphatic hydroxyl groups is 1. The van der Waals surface area contributed by atoms with Crippen molar-refractivity contribution in [1.29, 1.82) is 5.41 Å². The predicted molar refractivity (Wildman–Crippen MR) is 64.8 cm³/mol. The van der Waals surface area contributed by atoms with Gasteiger partial charge in [0.2, 0.25) is 0 Å². The van der Waals surface area contributed by atoms with Crippen LogP contribution in [0.2, 0.25) is 0 Å². The second kappa shape index (κ2) is 5.46. The van der Waals surface area contributed by atoms with E-state index < -0.39 is 0 Å². The van der Waals surface area contributed by atoms with E-state index >= 15 is 0 Å². The van der Waals surface area contributed by atoms with Crippen LogP contribution in [0.25, 0.3) is 0 Å². The lowest BCUT2D eigenvalue weighted by molar-refractivity contribution is 0.299. The first-order valence-electron chi connectivity index (χ1n) is 5.24. The Labute approximate surface area is 95.4 Å². The van der Waals surface area contributed by atoms with Gasteiger partial charge in [0.05, 0.1) is 12.3 Å². The highest BCUT2D eigenvalue weighted by Crippen LogP contribution is 2.19. The number of nitrogens with two attached hydrogens (primary N) is 1. The molecule has 0 saturated carbocycles. The van der Waals surface area contributed by atoms with Crippen molar-refractivity contribution < 1.29 is 5.11 Å². The van der Waals surface area contributed by atoms with Crippen molar-refractivity contribution in [2.45, 2.75) is 19.9 Å². The number of nitrogens with zero attached hydrogens (tertiary/aromatic N) is 2. The average molecular weight is 222 g/mol. The summed E-state index contributed by atoms with van der Waals surface area (Å²) < 4.78 is 0. The van der Waals surface area contributed by atoms with E-state index in [1.54, 1.807) is 12.3 Å². The standard InChI is InChI=1S/C11H18N4O/c1-8(2)15(6-7-16)9-4-3-5-14-10(9)11(12)13/h3-5,8,16H,6-7H2,1-2H3,(H3,12,13). The zero-order valence-corrected chi connectivity index (χ0v) is 9.64. The fourth-order valence-corrected chi connectivity index (χ4v) is 1.60. The van der Waals surface area contributed by atoms with Gasteiger partial charge in [-0.1, -0.05) is 0 Å². The van der Waals surface area contributed by atoms with Crippen LogP contribution < -0.4 is 10.6 Å². The van der Waals surface area contributed by atoms with Crippen LogP contribution in [-0.4, -0.2) is 35.1 Å². The molecule has 0 bridgehead atoms. The Morgan fingerprint density at radius 2 is 2.31 bits per heavy atom. The largest absolute Gasteiger partial charge is 0.395 e. The maximum Gasteiger partial charge on any atom is 0.143 e. The Kier molecular flexibility index (Phi) is 4.25. The Morgan fingerprint density at radius 3 is 2.81 bits per heavy atom. The molecule has 88 valence electrons. The van der Waals surface area contributed by atoms with Gasteiger partial charge in [-0.2, -0.15) is 0 Å². The molecule has 1 rings (SSSR count). The average Bonchev–Trinajstić information content (AvgIpc) is 2.25. The Hall–Kier alpha value is -1.62. The molecule has 1 heterocycles. The topological polar surface area (TPSA) is 86.2 Å². The third kappa shape index (κ3) is 2.70. The van der Waals surface area contributed by atoms with E-state index in [0.29, 0.717) is 12.2 Å². The maximum atomic E-state index is 9.03. The molecule has 0 aliphatic heterocycles. The molecule has 16 heavy (non-hydrogen) atoms. The van der Waals surface area contributed by atoms with Crippen molar-refractivity contribution in [3.05, 3.63) is 24.0 Å². The lowest BCUT2D eigenvalue weighted by Crippen LogP contribution is -2.35.